The van der Waals surface area contributed by atoms with E-state index in [1.807, 2.05) is 0 Å². The lowest BCUT2D eigenvalue weighted by Crippen LogP contribution is -1.90. The largest absolute Gasteiger partial charge is 0.366 e. The normalized spacial score (nSPS) is 10.8. The number of rotatable bonds is 0. The third kappa shape index (κ3) is 1.04. The van der Waals surface area contributed by atoms with E-state index < -0.39 is 5.82 Å². The fourth-order valence-electron chi connectivity index (χ4n) is 0.932. The van der Waals surface area contributed by atoms with Gasteiger partial charge in [0.2, 0.25) is 5.95 Å². The molecule has 6 heteroatoms. The van der Waals surface area contributed by atoms with Crippen LogP contribution in [0.4, 0.5) is 10.3 Å². The van der Waals surface area contributed by atoms with E-state index in [4.69, 9.17) is 5.73 Å². The third-order valence-electron chi connectivity index (χ3n) is 1.37. The van der Waals surface area contributed by atoms with Crippen LogP contribution in [0.5, 0.6) is 0 Å². The summed E-state index contributed by atoms with van der Waals surface area (Å²) in [5.74, 6) is -0.388. The highest BCUT2D eigenvalue weighted by atomic mass is 79.9. The van der Waals surface area contributed by atoms with Gasteiger partial charge in [0, 0.05) is 10.7 Å². The van der Waals surface area contributed by atoms with Crippen molar-refractivity contribution in [3.63, 3.8) is 0 Å². The Bertz CT molecular complexity index is 438. The number of nitrogens with two attached hydrogens (primary N) is 1. The molecule has 0 atom stereocenters. The maximum Gasteiger partial charge on any atom is 0.240 e. The van der Waals surface area contributed by atoms with Gasteiger partial charge < -0.3 is 5.73 Å². The van der Waals surface area contributed by atoms with Crippen molar-refractivity contribution >= 4 is 27.5 Å². The first-order chi connectivity index (χ1) is 5.66. The maximum absolute atomic E-state index is 13.1. The lowest BCUT2D eigenvalue weighted by atomic mass is 10.5. The molecule has 12 heavy (non-hydrogen) atoms. The van der Waals surface area contributed by atoms with E-state index in [1.165, 1.54) is 10.6 Å². The van der Waals surface area contributed by atoms with E-state index in [-0.39, 0.29) is 11.6 Å². The van der Waals surface area contributed by atoms with Gasteiger partial charge in [-0.2, -0.15) is 4.98 Å². The van der Waals surface area contributed by atoms with Crippen LogP contribution >= 0.6 is 15.9 Å². The topological polar surface area (TPSA) is 56.2 Å². The average Bonchev–Trinajstić information content (AvgIpc) is 2.29. The van der Waals surface area contributed by atoms with E-state index in [2.05, 4.69) is 26.0 Å². The molecule has 0 amide bonds. The summed E-state index contributed by atoms with van der Waals surface area (Å²) in [5, 5.41) is 3.75. The Balaban J connectivity index is 2.88. The van der Waals surface area contributed by atoms with Crippen LogP contribution in [-0.2, 0) is 0 Å². The molecular formula is C6H4BrFN4. The summed E-state index contributed by atoms with van der Waals surface area (Å²) in [6.07, 6.45) is 1.59. The molecule has 2 aromatic heterocycles. The Kier molecular flexibility index (Phi) is 1.50. The third-order valence-corrected chi connectivity index (χ3v) is 1.81. The maximum atomic E-state index is 13.1. The Morgan fingerprint density at radius 1 is 1.58 bits per heavy atom. The van der Waals surface area contributed by atoms with Gasteiger partial charge in [0.1, 0.15) is 0 Å². The van der Waals surface area contributed by atoms with Gasteiger partial charge in [-0.1, -0.05) is 0 Å². The standard InChI is InChI=1S/C6H4BrFN4/c7-3-1-4(8)5-10-6(9)11-12(5)2-3/h1-2H,(H2,9,11). The van der Waals surface area contributed by atoms with Crippen molar-refractivity contribution in [2.75, 3.05) is 5.73 Å². The lowest BCUT2D eigenvalue weighted by Gasteiger charge is -1.93. The van der Waals surface area contributed by atoms with Crippen molar-refractivity contribution in [3.05, 3.63) is 22.6 Å². The number of anilines is 1. The summed E-state index contributed by atoms with van der Waals surface area (Å²) in [6.45, 7) is 0. The molecule has 0 aliphatic heterocycles. The number of pyridine rings is 1. The van der Waals surface area contributed by atoms with Crippen LogP contribution in [0.1, 0.15) is 0 Å². The molecule has 2 rings (SSSR count). The fraction of sp³-hybridized carbons (Fsp3) is 0. The zero-order valence-electron chi connectivity index (χ0n) is 5.83. The summed E-state index contributed by atoms with van der Waals surface area (Å²) < 4.78 is 14.9. The highest BCUT2D eigenvalue weighted by molar-refractivity contribution is 9.10. The molecule has 0 saturated carbocycles. The van der Waals surface area contributed by atoms with Gasteiger partial charge in [0.25, 0.3) is 0 Å². The smallest absolute Gasteiger partial charge is 0.240 e. The Labute approximate surface area is 75.3 Å². The molecule has 2 N–H and O–H groups in total. The SMILES string of the molecule is Nc1nc2c(F)cc(Br)cn2n1. The van der Waals surface area contributed by atoms with Crippen LogP contribution in [0.25, 0.3) is 5.65 Å². The molecule has 0 unspecified atom stereocenters. The number of hydrogen-bond acceptors (Lipinski definition) is 3. The van der Waals surface area contributed by atoms with Crippen LogP contribution in [0.15, 0.2) is 16.7 Å². The van der Waals surface area contributed by atoms with Crippen LogP contribution in [0.2, 0.25) is 0 Å². The van der Waals surface area contributed by atoms with Crippen molar-refractivity contribution < 1.29 is 4.39 Å². The zero-order chi connectivity index (χ0) is 8.72. The van der Waals surface area contributed by atoms with Gasteiger partial charge in [0.15, 0.2) is 11.5 Å². The molecule has 2 heterocycles. The van der Waals surface area contributed by atoms with Crippen molar-refractivity contribution in [1.82, 2.24) is 14.6 Å². The second kappa shape index (κ2) is 2.41. The van der Waals surface area contributed by atoms with Crippen LogP contribution in [0.3, 0.4) is 0 Å². The Hall–Kier alpha value is -1.17. The summed E-state index contributed by atoms with van der Waals surface area (Å²) in [7, 11) is 0. The van der Waals surface area contributed by atoms with E-state index in [0.717, 1.165) is 0 Å². The van der Waals surface area contributed by atoms with Gasteiger partial charge >= 0.3 is 0 Å². The second-order valence-corrected chi connectivity index (χ2v) is 3.16. The van der Waals surface area contributed by atoms with E-state index in [0.29, 0.717) is 4.47 Å². The van der Waals surface area contributed by atoms with Gasteiger partial charge in [-0.25, -0.2) is 8.91 Å². The number of nitrogen functional groups attached to an aromatic ring is 1. The molecule has 62 valence electrons. The van der Waals surface area contributed by atoms with Crippen LogP contribution in [0, 0.1) is 5.82 Å². The van der Waals surface area contributed by atoms with Gasteiger partial charge in [-0.05, 0) is 22.0 Å². The number of nitrogens with zero attached hydrogens (tertiary/aromatic N) is 3. The van der Waals surface area contributed by atoms with Crippen LogP contribution < -0.4 is 5.73 Å². The Morgan fingerprint density at radius 3 is 3.08 bits per heavy atom. The number of halogens is 2. The Morgan fingerprint density at radius 2 is 2.33 bits per heavy atom. The van der Waals surface area contributed by atoms with Crippen molar-refractivity contribution in [1.29, 1.82) is 0 Å². The molecule has 0 saturated heterocycles. The van der Waals surface area contributed by atoms with E-state index in [9.17, 15) is 4.39 Å². The summed E-state index contributed by atoms with van der Waals surface area (Å²) >= 11 is 3.12. The molecule has 0 aromatic carbocycles. The van der Waals surface area contributed by atoms with Crippen molar-refractivity contribution in [2.24, 2.45) is 0 Å². The minimum atomic E-state index is -0.450. The van der Waals surface area contributed by atoms with Crippen molar-refractivity contribution in [2.45, 2.75) is 0 Å². The first-order valence-electron chi connectivity index (χ1n) is 3.14. The molecule has 2 aromatic rings. The predicted octanol–water partition coefficient (Wildman–Crippen LogP) is 1.21. The second-order valence-electron chi connectivity index (χ2n) is 2.24. The fourth-order valence-corrected chi connectivity index (χ4v) is 1.33. The molecule has 0 spiro atoms. The summed E-state index contributed by atoms with van der Waals surface area (Å²) in [5.41, 5.74) is 5.42. The molecule has 0 fully saturated rings. The molecule has 0 radical (unpaired) electrons. The molecule has 0 bridgehead atoms. The van der Waals surface area contributed by atoms with Crippen LogP contribution in [-0.4, -0.2) is 14.6 Å². The molecule has 4 nitrogen and oxygen atoms in total. The first kappa shape index (κ1) is 7.48. The summed E-state index contributed by atoms with van der Waals surface area (Å²) in [6, 6.07) is 1.31. The monoisotopic (exact) mass is 230 g/mol. The van der Waals surface area contributed by atoms with Crippen molar-refractivity contribution in [3.8, 4) is 0 Å². The predicted molar refractivity (Wildman–Crippen MR) is 45.1 cm³/mol. The summed E-state index contributed by atoms with van der Waals surface area (Å²) in [4.78, 5) is 3.69. The zero-order valence-corrected chi connectivity index (χ0v) is 7.42. The average molecular weight is 231 g/mol. The van der Waals surface area contributed by atoms with Gasteiger partial charge in [0.05, 0.1) is 0 Å². The molecular weight excluding hydrogens is 227 g/mol. The lowest BCUT2D eigenvalue weighted by molar-refractivity contribution is 0.626. The highest BCUT2D eigenvalue weighted by Crippen LogP contribution is 2.15. The van der Waals surface area contributed by atoms with E-state index in [1.54, 1.807) is 6.20 Å². The van der Waals surface area contributed by atoms with Gasteiger partial charge in [-0.15, -0.1) is 5.10 Å². The molecule has 0 aliphatic rings. The molecule has 0 aliphatic carbocycles. The number of fused-ring (bicyclic) bond motifs is 1. The minimum Gasteiger partial charge on any atom is -0.366 e. The first-order valence-corrected chi connectivity index (χ1v) is 3.93. The van der Waals surface area contributed by atoms with E-state index >= 15 is 0 Å². The number of aromatic nitrogens is 3. The quantitative estimate of drug-likeness (QED) is 0.741. The highest BCUT2D eigenvalue weighted by Gasteiger charge is 2.06. The number of hydrogen-bond donors (Lipinski definition) is 1. The minimum absolute atomic E-state index is 0.0620. The van der Waals surface area contributed by atoms with Gasteiger partial charge in [-0.3, -0.25) is 0 Å².